The first-order chi connectivity index (χ1) is 9.20. The zero-order valence-electron chi connectivity index (χ0n) is 12.7. The number of hydrogen-bond acceptors (Lipinski definition) is 3. The summed E-state index contributed by atoms with van der Waals surface area (Å²) in [4.78, 5) is 0. The number of rotatable bonds is 9. The highest BCUT2D eigenvalue weighted by atomic mass is 16.5. The van der Waals surface area contributed by atoms with Gasteiger partial charge in [0.25, 0.3) is 0 Å². The number of benzene rings is 1. The van der Waals surface area contributed by atoms with Crippen LogP contribution in [-0.2, 0) is 9.47 Å². The van der Waals surface area contributed by atoms with Crippen LogP contribution in [0.5, 0.6) is 0 Å². The van der Waals surface area contributed by atoms with Gasteiger partial charge in [-0.25, -0.2) is 0 Å². The molecule has 0 radical (unpaired) electrons. The molecule has 0 aliphatic rings. The molecule has 0 aromatic heterocycles. The van der Waals surface area contributed by atoms with E-state index in [9.17, 15) is 0 Å². The highest BCUT2D eigenvalue weighted by molar-refractivity contribution is 5.35. The van der Waals surface area contributed by atoms with Crippen LogP contribution in [0.2, 0.25) is 0 Å². The van der Waals surface area contributed by atoms with Crippen LogP contribution >= 0.6 is 0 Å². The van der Waals surface area contributed by atoms with E-state index in [1.165, 1.54) is 16.7 Å². The van der Waals surface area contributed by atoms with Gasteiger partial charge in [0.05, 0.1) is 25.9 Å². The van der Waals surface area contributed by atoms with Crippen molar-refractivity contribution in [2.24, 2.45) is 0 Å². The van der Waals surface area contributed by atoms with E-state index in [1.807, 2.05) is 0 Å². The summed E-state index contributed by atoms with van der Waals surface area (Å²) in [6, 6.07) is 6.72. The first kappa shape index (κ1) is 16.2. The van der Waals surface area contributed by atoms with Gasteiger partial charge in [0.15, 0.2) is 0 Å². The third-order valence-electron chi connectivity index (χ3n) is 3.38. The maximum absolute atomic E-state index is 5.70. The summed E-state index contributed by atoms with van der Waals surface area (Å²) in [5.41, 5.74) is 4.02. The van der Waals surface area contributed by atoms with Gasteiger partial charge in [0.2, 0.25) is 0 Å². The predicted octanol–water partition coefficient (Wildman–Crippen LogP) is 3.01. The lowest BCUT2D eigenvalue weighted by Crippen LogP contribution is -2.27. The number of aryl methyl sites for hydroxylation is 1. The summed E-state index contributed by atoms with van der Waals surface area (Å²) in [7, 11) is 1.70. The van der Waals surface area contributed by atoms with Gasteiger partial charge >= 0.3 is 0 Å². The van der Waals surface area contributed by atoms with Gasteiger partial charge in [0.1, 0.15) is 0 Å². The summed E-state index contributed by atoms with van der Waals surface area (Å²) in [5, 5.41) is 3.56. The summed E-state index contributed by atoms with van der Waals surface area (Å²) >= 11 is 0. The van der Waals surface area contributed by atoms with Crippen molar-refractivity contribution in [3.63, 3.8) is 0 Å². The Morgan fingerprint density at radius 3 is 2.68 bits per heavy atom. The van der Waals surface area contributed by atoms with Crippen LogP contribution < -0.4 is 5.32 Å². The molecular weight excluding hydrogens is 238 g/mol. The molecule has 0 fully saturated rings. The quantitative estimate of drug-likeness (QED) is 0.696. The van der Waals surface area contributed by atoms with E-state index in [2.05, 4.69) is 44.3 Å². The molecule has 1 rings (SSSR count). The van der Waals surface area contributed by atoms with Crippen molar-refractivity contribution in [3.05, 3.63) is 34.9 Å². The molecule has 3 heteroatoms. The molecule has 1 unspecified atom stereocenters. The lowest BCUT2D eigenvalue weighted by molar-refractivity contribution is 0.0585. The Morgan fingerprint density at radius 2 is 2.00 bits per heavy atom. The van der Waals surface area contributed by atoms with Crippen molar-refractivity contribution in [1.82, 2.24) is 5.32 Å². The molecule has 108 valence electrons. The number of hydrogen-bond donors (Lipinski definition) is 1. The average molecular weight is 265 g/mol. The lowest BCUT2D eigenvalue weighted by Gasteiger charge is -2.22. The van der Waals surface area contributed by atoms with Crippen LogP contribution in [0.25, 0.3) is 0 Å². The minimum absolute atomic E-state index is 0.261. The molecule has 3 nitrogen and oxygen atoms in total. The van der Waals surface area contributed by atoms with Gasteiger partial charge in [-0.1, -0.05) is 25.1 Å². The number of methoxy groups -OCH3 is 1. The molecular formula is C16H27NO2. The SMILES string of the molecule is CCCNC(COCCOC)c1cccc(C)c1C. The van der Waals surface area contributed by atoms with E-state index in [1.54, 1.807) is 7.11 Å². The fourth-order valence-electron chi connectivity index (χ4n) is 2.07. The molecule has 19 heavy (non-hydrogen) atoms. The van der Waals surface area contributed by atoms with E-state index >= 15 is 0 Å². The molecule has 0 saturated carbocycles. The smallest absolute Gasteiger partial charge is 0.0701 e. The molecule has 0 aliphatic carbocycles. The Bertz CT molecular complexity index is 366. The monoisotopic (exact) mass is 265 g/mol. The molecule has 0 saturated heterocycles. The van der Waals surface area contributed by atoms with E-state index in [4.69, 9.17) is 9.47 Å². The van der Waals surface area contributed by atoms with Crippen molar-refractivity contribution >= 4 is 0 Å². The van der Waals surface area contributed by atoms with E-state index in [0.717, 1.165) is 13.0 Å². The second-order valence-electron chi connectivity index (χ2n) is 4.86. The van der Waals surface area contributed by atoms with Crippen molar-refractivity contribution < 1.29 is 9.47 Å². The summed E-state index contributed by atoms with van der Waals surface area (Å²) < 4.78 is 10.7. The van der Waals surface area contributed by atoms with E-state index in [-0.39, 0.29) is 6.04 Å². The van der Waals surface area contributed by atoms with Crippen LogP contribution in [0, 0.1) is 13.8 Å². The maximum Gasteiger partial charge on any atom is 0.0701 e. The molecule has 0 spiro atoms. The Kier molecular flexibility index (Phi) is 7.72. The van der Waals surface area contributed by atoms with Crippen molar-refractivity contribution in [1.29, 1.82) is 0 Å². The first-order valence-corrected chi connectivity index (χ1v) is 7.06. The van der Waals surface area contributed by atoms with Crippen molar-refractivity contribution in [3.8, 4) is 0 Å². The normalized spacial score (nSPS) is 12.6. The Morgan fingerprint density at radius 1 is 1.21 bits per heavy atom. The minimum Gasteiger partial charge on any atom is -0.382 e. The zero-order chi connectivity index (χ0) is 14.1. The highest BCUT2D eigenvalue weighted by Crippen LogP contribution is 2.20. The molecule has 0 amide bonds. The largest absolute Gasteiger partial charge is 0.382 e. The molecule has 1 aromatic rings. The molecule has 0 aliphatic heterocycles. The molecule has 1 N–H and O–H groups in total. The molecule has 0 bridgehead atoms. The van der Waals surface area contributed by atoms with Gasteiger partial charge in [0, 0.05) is 7.11 Å². The third-order valence-corrected chi connectivity index (χ3v) is 3.38. The van der Waals surface area contributed by atoms with Crippen molar-refractivity contribution in [2.45, 2.75) is 33.2 Å². The predicted molar refractivity (Wildman–Crippen MR) is 79.6 cm³/mol. The maximum atomic E-state index is 5.70. The minimum atomic E-state index is 0.261. The van der Waals surface area contributed by atoms with Gasteiger partial charge < -0.3 is 14.8 Å². The topological polar surface area (TPSA) is 30.5 Å². The van der Waals surface area contributed by atoms with E-state index < -0.39 is 0 Å². The second-order valence-corrected chi connectivity index (χ2v) is 4.86. The number of nitrogens with one attached hydrogen (secondary N) is 1. The third kappa shape index (κ3) is 5.31. The van der Waals surface area contributed by atoms with Gasteiger partial charge in [-0.2, -0.15) is 0 Å². The molecule has 1 aromatic carbocycles. The Labute approximate surface area is 117 Å². The molecule has 1 atom stereocenters. The number of ether oxygens (including phenoxy) is 2. The van der Waals surface area contributed by atoms with Crippen LogP contribution in [0.15, 0.2) is 18.2 Å². The van der Waals surface area contributed by atoms with Gasteiger partial charge in [-0.3, -0.25) is 0 Å². The summed E-state index contributed by atoms with van der Waals surface area (Å²) in [6.45, 7) is 9.50. The van der Waals surface area contributed by atoms with Crippen LogP contribution in [0.4, 0.5) is 0 Å². The fourth-order valence-corrected chi connectivity index (χ4v) is 2.07. The van der Waals surface area contributed by atoms with Gasteiger partial charge in [-0.05, 0) is 43.5 Å². The van der Waals surface area contributed by atoms with Crippen LogP contribution in [-0.4, -0.2) is 33.5 Å². The van der Waals surface area contributed by atoms with Crippen LogP contribution in [0.1, 0.15) is 36.1 Å². The molecule has 0 heterocycles. The Hall–Kier alpha value is -0.900. The van der Waals surface area contributed by atoms with Gasteiger partial charge in [-0.15, -0.1) is 0 Å². The summed E-state index contributed by atoms with van der Waals surface area (Å²) in [5.74, 6) is 0. The second kappa shape index (κ2) is 9.08. The summed E-state index contributed by atoms with van der Waals surface area (Å²) in [6.07, 6.45) is 1.12. The fraction of sp³-hybridized carbons (Fsp3) is 0.625. The zero-order valence-corrected chi connectivity index (χ0v) is 12.7. The standard InChI is InChI=1S/C16H27NO2/c1-5-9-17-16(12-19-11-10-18-4)15-8-6-7-13(2)14(15)3/h6-8,16-17H,5,9-12H2,1-4H3. The van der Waals surface area contributed by atoms with Crippen LogP contribution in [0.3, 0.4) is 0 Å². The van der Waals surface area contributed by atoms with E-state index in [0.29, 0.717) is 19.8 Å². The average Bonchev–Trinajstić information content (AvgIpc) is 2.42. The first-order valence-electron chi connectivity index (χ1n) is 7.06. The highest BCUT2D eigenvalue weighted by Gasteiger charge is 2.14. The lowest BCUT2D eigenvalue weighted by atomic mass is 9.98. The van der Waals surface area contributed by atoms with Crippen molar-refractivity contribution in [2.75, 3.05) is 33.5 Å². The Balaban J connectivity index is 2.69.